The van der Waals surface area contributed by atoms with Gasteiger partial charge >= 0.3 is 20.3 Å². The molecule has 0 aromatic carbocycles. The minimum absolute atomic E-state index is 0.466. The number of rotatable bonds is 4. The topological polar surface area (TPSA) is 53.2 Å². The normalized spacial score (nSPS) is 10.4. The van der Waals surface area contributed by atoms with E-state index in [1.807, 2.05) is 0 Å². The van der Waals surface area contributed by atoms with E-state index >= 15 is 0 Å². The van der Waals surface area contributed by atoms with Crippen molar-refractivity contribution < 1.29 is 22.7 Å². The van der Waals surface area contributed by atoms with Crippen LogP contribution in [-0.2, 0) is 32.8 Å². The van der Waals surface area contributed by atoms with E-state index in [0.29, 0.717) is 12.0 Å². The second-order valence-corrected chi connectivity index (χ2v) is 4.82. The molecule has 0 N–H and O–H groups in total. The number of nitrogens with zero attached hydrogens (tertiary/aromatic N) is 4. The fourth-order valence-corrected chi connectivity index (χ4v) is 2.38. The summed E-state index contributed by atoms with van der Waals surface area (Å²) in [6, 6.07) is 0.931. The maximum atomic E-state index is 11.8. The number of imidazole rings is 2. The lowest BCUT2D eigenvalue weighted by atomic mass is 10.9. The van der Waals surface area contributed by atoms with Crippen LogP contribution in [0.15, 0.2) is 24.8 Å². The summed E-state index contributed by atoms with van der Waals surface area (Å²) in [6.45, 7) is 0. The van der Waals surface area contributed by atoms with E-state index in [1.54, 1.807) is 71.2 Å². The Morgan fingerprint density at radius 1 is 1.00 bits per heavy atom. The molecule has 0 saturated carbocycles. The summed E-state index contributed by atoms with van der Waals surface area (Å²) in [5.74, 6) is 0. The lowest BCUT2D eigenvalue weighted by Gasteiger charge is -1.90. The molecule has 2 rings (SSSR count). The van der Waals surface area contributed by atoms with Gasteiger partial charge in [-0.15, -0.1) is 9.05 Å². The summed E-state index contributed by atoms with van der Waals surface area (Å²) in [5, 5.41) is 0. The molecule has 0 unspecified atom stereocenters. The third kappa shape index (κ3) is 2.36. The molecule has 0 aliphatic heterocycles. The van der Waals surface area contributed by atoms with Crippen molar-refractivity contribution in [1.82, 2.24) is 9.13 Å². The lowest BCUT2D eigenvalue weighted by Crippen LogP contribution is -2.29. The quantitative estimate of drug-likeness (QED) is 0.586. The van der Waals surface area contributed by atoms with Crippen molar-refractivity contribution >= 4 is 8.25 Å². The van der Waals surface area contributed by atoms with Crippen molar-refractivity contribution in [2.75, 3.05) is 0 Å². The highest BCUT2D eigenvalue weighted by atomic mass is 31.1. The first-order chi connectivity index (χ1) is 8.49. The van der Waals surface area contributed by atoms with Crippen LogP contribution in [0.2, 0.25) is 0 Å². The van der Waals surface area contributed by atoms with Gasteiger partial charge in [0.15, 0.2) is 0 Å². The second-order valence-electron chi connectivity index (χ2n) is 4.01. The molecule has 2 aromatic rings. The molecule has 8 heteroatoms. The Balaban J connectivity index is 2.10. The van der Waals surface area contributed by atoms with Crippen molar-refractivity contribution in [3.8, 4) is 12.0 Å². The smallest absolute Gasteiger partial charge is 0.196 e. The van der Waals surface area contributed by atoms with Gasteiger partial charge in [-0.05, 0) is 0 Å². The van der Waals surface area contributed by atoms with Crippen LogP contribution in [0.25, 0.3) is 0 Å². The van der Waals surface area contributed by atoms with Crippen molar-refractivity contribution in [2.45, 2.75) is 0 Å². The molecule has 0 atom stereocenters. The zero-order valence-electron chi connectivity index (χ0n) is 10.8. The van der Waals surface area contributed by atoms with Crippen LogP contribution in [-0.4, -0.2) is 9.13 Å². The zero-order chi connectivity index (χ0) is 13.3. The molecular formula is C10H16N4O3P+3. The summed E-state index contributed by atoms with van der Waals surface area (Å²) in [6.07, 6.45) is 7.23. The maximum absolute atomic E-state index is 11.8. The molecule has 0 amide bonds. The minimum Gasteiger partial charge on any atom is -0.196 e. The summed E-state index contributed by atoms with van der Waals surface area (Å²) in [7, 11) is 4.95. The van der Waals surface area contributed by atoms with E-state index in [2.05, 4.69) is 0 Å². The fourth-order valence-electron chi connectivity index (χ4n) is 1.56. The van der Waals surface area contributed by atoms with Gasteiger partial charge in [-0.25, -0.2) is 0 Å². The Bertz CT molecular complexity index is 501. The first kappa shape index (κ1) is 12.6. The molecule has 18 heavy (non-hydrogen) atoms. The van der Waals surface area contributed by atoms with E-state index in [-0.39, 0.29) is 0 Å². The highest BCUT2D eigenvalue weighted by Gasteiger charge is 2.36. The monoisotopic (exact) mass is 271 g/mol. The molecule has 0 fully saturated rings. The third-order valence-corrected chi connectivity index (χ3v) is 3.17. The Labute approximate surface area is 106 Å². The van der Waals surface area contributed by atoms with Gasteiger partial charge in [0.05, 0.1) is 28.2 Å². The van der Waals surface area contributed by atoms with Crippen molar-refractivity contribution in [3.63, 3.8) is 0 Å². The molecule has 0 spiro atoms. The van der Waals surface area contributed by atoms with Crippen molar-refractivity contribution in [3.05, 3.63) is 24.8 Å². The Hall–Kier alpha value is -1.88. The van der Waals surface area contributed by atoms with Crippen LogP contribution >= 0.6 is 8.25 Å². The van der Waals surface area contributed by atoms with Crippen molar-refractivity contribution in [1.29, 1.82) is 0 Å². The summed E-state index contributed by atoms with van der Waals surface area (Å²) < 4.78 is 29.3. The predicted molar refractivity (Wildman–Crippen MR) is 62.0 cm³/mol. The van der Waals surface area contributed by atoms with Crippen LogP contribution < -0.4 is 18.2 Å². The Morgan fingerprint density at radius 2 is 1.39 bits per heavy atom. The average molecular weight is 271 g/mol. The van der Waals surface area contributed by atoms with Gasteiger partial charge in [-0.1, -0.05) is 0 Å². The van der Waals surface area contributed by atoms with Gasteiger partial charge in [0.25, 0.3) is 0 Å². The van der Waals surface area contributed by atoms with E-state index < -0.39 is 8.25 Å². The number of hydrogen-bond acceptors (Lipinski definition) is 3. The first-order valence-corrected chi connectivity index (χ1v) is 6.43. The second kappa shape index (κ2) is 4.78. The van der Waals surface area contributed by atoms with Crippen molar-refractivity contribution in [2.24, 2.45) is 28.2 Å². The highest BCUT2D eigenvalue weighted by molar-refractivity contribution is 7.34. The largest absolute Gasteiger partial charge is 0.819 e. The van der Waals surface area contributed by atoms with E-state index in [1.165, 1.54) is 0 Å². The fraction of sp³-hybridized carbons (Fsp3) is 0.400. The standard InChI is InChI=1S/C10H16N4O3P/c1-11-5-6-12(2)9(11)16-18(15)17-10-13(3)7-8-14(10)4/h5-8H,1-4H3/q+3. The zero-order valence-corrected chi connectivity index (χ0v) is 11.7. The Morgan fingerprint density at radius 3 is 1.67 bits per heavy atom. The molecule has 0 saturated heterocycles. The number of hydrogen-bond donors (Lipinski definition) is 0. The summed E-state index contributed by atoms with van der Waals surface area (Å²) in [5.41, 5.74) is 0. The van der Waals surface area contributed by atoms with E-state index in [4.69, 9.17) is 9.05 Å². The van der Waals surface area contributed by atoms with Crippen LogP contribution in [0.1, 0.15) is 0 Å². The number of aromatic nitrogens is 4. The third-order valence-electron chi connectivity index (χ3n) is 2.55. The molecule has 0 aliphatic carbocycles. The first-order valence-electron chi connectivity index (χ1n) is 5.34. The Kier molecular flexibility index (Phi) is 3.34. The van der Waals surface area contributed by atoms with Crippen LogP contribution in [0.5, 0.6) is 12.0 Å². The van der Waals surface area contributed by atoms with Gasteiger partial charge in [0.2, 0.25) is 0 Å². The van der Waals surface area contributed by atoms with E-state index in [0.717, 1.165) is 0 Å². The van der Waals surface area contributed by atoms with Gasteiger partial charge in [0.1, 0.15) is 24.8 Å². The molecule has 2 heterocycles. The average Bonchev–Trinajstić information content (AvgIpc) is 2.79. The molecule has 0 bridgehead atoms. The summed E-state index contributed by atoms with van der Waals surface area (Å²) >= 11 is 0. The highest BCUT2D eigenvalue weighted by Crippen LogP contribution is 2.26. The van der Waals surface area contributed by atoms with Crippen LogP contribution in [0, 0.1) is 0 Å². The molecule has 0 aliphatic rings. The van der Waals surface area contributed by atoms with Gasteiger partial charge < -0.3 is 0 Å². The molecule has 2 aromatic heterocycles. The maximum Gasteiger partial charge on any atom is 0.819 e. The molecule has 0 radical (unpaired) electrons. The van der Waals surface area contributed by atoms with Crippen LogP contribution in [0.4, 0.5) is 0 Å². The lowest BCUT2D eigenvalue weighted by molar-refractivity contribution is -0.675. The number of aryl methyl sites for hydroxylation is 4. The predicted octanol–water partition coefficient (Wildman–Crippen LogP) is 0.128. The molecule has 7 nitrogen and oxygen atoms in total. The van der Waals surface area contributed by atoms with Crippen LogP contribution in [0.3, 0.4) is 0 Å². The van der Waals surface area contributed by atoms with E-state index in [9.17, 15) is 4.57 Å². The molecule has 96 valence electrons. The SMILES string of the molecule is Cn1cc[n+](C)c1O[P+](=O)Oc1n(C)cc[n+]1C. The molecular weight excluding hydrogens is 255 g/mol. The summed E-state index contributed by atoms with van der Waals surface area (Å²) in [4.78, 5) is 0. The van der Waals surface area contributed by atoms with Gasteiger partial charge in [-0.2, -0.15) is 18.3 Å². The minimum atomic E-state index is -2.28. The van der Waals surface area contributed by atoms with Gasteiger partial charge in [0, 0.05) is 4.57 Å². The van der Waals surface area contributed by atoms with Gasteiger partial charge in [-0.3, -0.25) is 0 Å².